The number of hydrogen-bond donors (Lipinski definition) is 6. The highest BCUT2D eigenvalue weighted by atomic mass is 16.7. The van der Waals surface area contributed by atoms with Crippen molar-refractivity contribution < 1.29 is 39.8 Å². The van der Waals surface area contributed by atoms with Crippen LogP contribution in [-0.4, -0.2) is 87.5 Å². The third kappa shape index (κ3) is 36.9. The number of ether oxygens (including phenoxy) is 2. The van der Waals surface area contributed by atoms with E-state index in [1.54, 1.807) is 6.08 Å². The van der Waals surface area contributed by atoms with Crippen LogP contribution in [0.25, 0.3) is 0 Å². The second-order valence-electron chi connectivity index (χ2n) is 20.5. The Morgan fingerprint density at radius 2 is 0.833 bits per heavy atom. The predicted octanol–water partition coefficient (Wildman–Crippen LogP) is 14.0. The van der Waals surface area contributed by atoms with Crippen molar-refractivity contribution in [1.82, 2.24) is 5.32 Å². The van der Waals surface area contributed by atoms with Crippen molar-refractivity contribution in [1.29, 1.82) is 0 Å². The topological polar surface area (TPSA) is 149 Å². The molecular formula is C57H111NO8. The van der Waals surface area contributed by atoms with Crippen LogP contribution in [0, 0.1) is 0 Å². The van der Waals surface area contributed by atoms with E-state index in [9.17, 15) is 30.3 Å². The number of aliphatic hydroxyl groups is 5. The number of aliphatic hydroxyl groups excluding tert-OH is 5. The number of hydrogen-bond acceptors (Lipinski definition) is 8. The molecule has 7 atom stereocenters. The molecule has 66 heavy (non-hydrogen) atoms. The molecule has 7 unspecified atom stereocenters. The molecule has 1 aliphatic heterocycles. The van der Waals surface area contributed by atoms with Crippen LogP contribution in [0.1, 0.15) is 290 Å². The monoisotopic (exact) mass is 938 g/mol. The third-order valence-electron chi connectivity index (χ3n) is 14.1. The van der Waals surface area contributed by atoms with Gasteiger partial charge in [-0.2, -0.15) is 0 Å². The zero-order valence-corrected chi connectivity index (χ0v) is 43.5. The van der Waals surface area contributed by atoms with E-state index in [2.05, 4.69) is 19.2 Å². The smallest absolute Gasteiger partial charge is 0.220 e. The summed E-state index contributed by atoms with van der Waals surface area (Å²) < 4.78 is 11.3. The quantitative estimate of drug-likeness (QED) is 0.0261. The summed E-state index contributed by atoms with van der Waals surface area (Å²) in [7, 11) is 0. The Kier molecular flexibility index (Phi) is 45.4. The molecule has 392 valence electrons. The summed E-state index contributed by atoms with van der Waals surface area (Å²) >= 11 is 0. The van der Waals surface area contributed by atoms with Crippen molar-refractivity contribution in [2.45, 2.75) is 333 Å². The molecule has 0 bridgehead atoms. The summed E-state index contributed by atoms with van der Waals surface area (Å²) in [4.78, 5) is 13.0. The van der Waals surface area contributed by atoms with Gasteiger partial charge in [-0.05, 0) is 19.3 Å². The number of amides is 1. The Labute approximate surface area is 407 Å². The molecule has 1 fully saturated rings. The lowest BCUT2D eigenvalue weighted by Crippen LogP contribution is -2.60. The lowest BCUT2D eigenvalue weighted by molar-refractivity contribution is -0.302. The van der Waals surface area contributed by atoms with E-state index in [4.69, 9.17) is 9.47 Å². The molecule has 0 radical (unpaired) electrons. The first kappa shape index (κ1) is 62.9. The molecule has 1 rings (SSSR count). The highest BCUT2D eigenvalue weighted by molar-refractivity contribution is 5.76. The minimum Gasteiger partial charge on any atom is -0.394 e. The highest BCUT2D eigenvalue weighted by Gasteiger charge is 2.44. The molecule has 0 aromatic heterocycles. The summed E-state index contributed by atoms with van der Waals surface area (Å²) in [5.74, 6) is -0.171. The summed E-state index contributed by atoms with van der Waals surface area (Å²) in [5.41, 5.74) is 0. The first-order chi connectivity index (χ1) is 32.3. The molecule has 1 aliphatic rings. The van der Waals surface area contributed by atoms with Crippen LogP contribution in [0.3, 0.4) is 0 Å². The number of allylic oxidation sites excluding steroid dienone is 1. The van der Waals surface area contributed by atoms with Crippen molar-refractivity contribution in [3.8, 4) is 0 Å². The first-order valence-electron chi connectivity index (χ1n) is 28.9. The Bertz CT molecular complexity index is 1040. The zero-order chi connectivity index (χ0) is 48.0. The lowest BCUT2D eigenvalue weighted by atomic mass is 9.99. The number of unbranched alkanes of at least 4 members (excludes halogenated alkanes) is 40. The van der Waals surface area contributed by atoms with Crippen LogP contribution in [0.4, 0.5) is 0 Å². The van der Waals surface area contributed by atoms with Crippen molar-refractivity contribution in [3.05, 3.63) is 12.2 Å². The molecule has 0 saturated carbocycles. The first-order valence-corrected chi connectivity index (χ1v) is 28.9. The van der Waals surface area contributed by atoms with Crippen molar-refractivity contribution in [2.24, 2.45) is 0 Å². The largest absolute Gasteiger partial charge is 0.394 e. The fraction of sp³-hybridized carbons (Fsp3) is 0.947. The summed E-state index contributed by atoms with van der Waals surface area (Å²) in [5, 5.41) is 54.5. The van der Waals surface area contributed by atoms with Crippen LogP contribution in [0.2, 0.25) is 0 Å². The van der Waals surface area contributed by atoms with E-state index in [1.807, 2.05) is 6.08 Å². The fourth-order valence-corrected chi connectivity index (χ4v) is 9.51. The number of carbonyl (C=O) groups excluding carboxylic acids is 1. The second-order valence-corrected chi connectivity index (χ2v) is 20.5. The van der Waals surface area contributed by atoms with Gasteiger partial charge in [-0.3, -0.25) is 4.79 Å². The molecule has 1 heterocycles. The molecule has 0 aliphatic carbocycles. The molecule has 0 spiro atoms. The highest BCUT2D eigenvalue weighted by Crippen LogP contribution is 2.23. The van der Waals surface area contributed by atoms with E-state index < -0.39 is 49.5 Å². The molecule has 9 nitrogen and oxygen atoms in total. The average Bonchev–Trinajstić information content (AvgIpc) is 3.32. The van der Waals surface area contributed by atoms with Gasteiger partial charge in [0.05, 0.1) is 25.4 Å². The van der Waals surface area contributed by atoms with E-state index in [0.29, 0.717) is 6.42 Å². The maximum absolute atomic E-state index is 13.0. The standard InChI is InChI=1S/C57H111NO8/c1-3-5-7-9-11-13-15-17-19-21-22-23-24-25-26-27-28-29-31-32-34-36-38-40-42-44-46-51(60)50(49-65-57-56(64)55(63)54(62)52(48-59)66-57)58-53(61)47-45-43-41-39-37-35-33-30-20-18-16-14-12-10-8-6-4-2/h44,46,50-52,54-57,59-60,62-64H,3-43,45,47-49H2,1-2H3,(H,58,61)/b46-44+. The van der Waals surface area contributed by atoms with E-state index in [1.165, 1.54) is 231 Å². The van der Waals surface area contributed by atoms with Gasteiger partial charge >= 0.3 is 0 Å². The maximum atomic E-state index is 13.0. The van der Waals surface area contributed by atoms with Gasteiger partial charge < -0.3 is 40.3 Å². The van der Waals surface area contributed by atoms with Gasteiger partial charge in [0.15, 0.2) is 6.29 Å². The molecule has 0 aromatic rings. The minimum atomic E-state index is -1.56. The van der Waals surface area contributed by atoms with Crippen molar-refractivity contribution in [2.75, 3.05) is 13.2 Å². The van der Waals surface area contributed by atoms with Gasteiger partial charge in [0.25, 0.3) is 0 Å². The molecule has 1 saturated heterocycles. The Morgan fingerprint density at radius 3 is 1.18 bits per heavy atom. The van der Waals surface area contributed by atoms with Crippen LogP contribution in [0.5, 0.6) is 0 Å². The van der Waals surface area contributed by atoms with Gasteiger partial charge in [-0.15, -0.1) is 0 Å². The number of nitrogens with one attached hydrogen (secondary N) is 1. The SMILES string of the molecule is CCCCCCCCCCCCCCCCCCCCCCCCCC/C=C/C(O)C(COC1OC(CO)C(O)C(O)C1O)NC(=O)CCCCCCCCCCCCCCCCCCC. The second kappa shape index (κ2) is 47.6. The summed E-state index contributed by atoms with van der Waals surface area (Å²) in [6, 6.07) is -0.800. The van der Waals surface area contributed by atoms with Crippen LogP contribution >= 0.6 is 0 Å². The third-order valence-corrected chi connectivity index (χ3v) is 14.1. The van der Waals surface area contributed by atoms with E-state index in [-0.39, 0.29) is 12.5 Å². The minimum absolute atomic E-state index is 0.171. The van der Waals surface area contributed by atoms with Crippen LogP contribution < -0.4 is 5.32 Å². The molecule has 6 N–H and O–H groups in total. The summed E-state index contributed by atoms with van der Waals surface area (Å²) in [6.45, 7) is 3.82. The number of rotatable bonds is 50. The fourth-order valence-electron chi connectivity index (χ4n) is 9.51. The van der Waals surface area contributed by atoms with Gasteiger partial charge in [0, 0.05) is 6.42 Å². The number of carbonyl (C=O) groups is 1. The van der Waals surface area contributed by atoms with E-state index >= 15 is 0 Å². The molecular weight excluding hydrogens is 827 g/mol. The van der Waals surface area contributed by atoms with Crippen molar-refractivity contribution >= 4 is 5.91 Å². The van der Waals surface area contributed by atoms with Gasteiger partial charge in [0.2, 0.25) is 5.91 Å². The van der Waals surface area contributed by atoms with Crippen LogP contribution in [-0.2, 0) is 14.3 Å². The molecule has 0 aromatic carbocycles. The van der Waals surface area contributed by atoms with Gasteiger partial charge in [-0.1, -0.05) is 276 Å². The van der Waals surface area contributed by atoms with E-state index in [0.717, 1.165) is 38.5 Å². The van der Waals surface area contributed by atoms with Gasteiger partial charge in [0.1, 0.15) is 24.4 Å². The lowest BCUT2D eigenvalue weighted by Gasteiger charge is -2.40. The predicted molar refractivity (Wildman–Crippen MR) is 277 cm³/mol. The van der Waals surface area contributed by atoms with Crippen molar-refractivity contribution in [3.63, 3.8) is 0 Å². The molecule has 1 amide bonds. The summed E-state index contributed by atoms with van der Waals surface area (Å²) in [6.07, 6.45) is 51.3. The zero-order valence-electron chi connectivity index (χ0n) is 43.5. The Hall–Kier alpha value is -1.07. The Balaban J connectivity index is 2.21. The normalized spacial score (nSPS) is 19.8. The average molecular weight is 939 g/mol. The van der Waals surface area contributed by atoms with Crippen LogP contribution in [0.15, 0.2) is 12.2 Å². The molecule has 9 heteroatoms. The Morgan fingerprint density at radius 1 is 0.500 bits per heavy atom. The van der Waals surface area contributed by atoms with Gasteiger partial charge in [-0.25, -0.2) is 0 Å². The maximum Gasteiger partial charge on any atom is 0.220 e.